The monoisotopic (exact) mass is 332 g/mol. The smallest absolute Gasteiger partial charge is 0.225 e. The zero-order valence-electron chi connectivity index (χ0n) is 10.8. The summed E-state index contributed by atoms with van der Waals surface area (Å²) in [5.74, 6) is -0.706. The molecule has 2 N–H and O–H groups in total. The molecule has 0 bridgehead atoms. The van der Waals surface area contributed by atoms with E-state index in [9.17, 15) is 9.18 Å². The minimum absolute atomic E-state index is 0.0663. The number of nitrogens with zero attached hydrogens (tertiary/aromatic N) is 1. The highest BCUT2D eigenvalue weighted by molar-refractivity contribution is 9.10. The molecule has 0 spiro atoms. The highest BCUT2D eigenvalue weighted by atomic mass is 79.9. The van der Waals surface area contributed by atoms with Crippen LogP contribution >= 0.6 is 15.9 Å². The molecule has 19 heavy (non-hydrogen) atoms. The van der Waals surface area contributed by atoms with Crippen LogP contribution in [-0.4, -0.2) is 42.2 Å². The van der Waals surface area contributed by atoms with Crippen molar-refractivity contribution in [1.82, 2.24) is 4.90 Å². The summed E-state index contributed by atoms with van der Waals surface area (Å²) in [6, 6.07) is 4.49. The number of aliphatic hydroxyl groups is 1. The molecule has 0 aliphatic heterocycles. The van der Waals surface area contributed by atoms with Gasteiger partial charge < -0.3 is 15.3 Å². The number of hydrogen-bond acceptors (Lipinski definition) is 3. The lowest BCUT2D eigenvalue weighted by atomic mass is 10.3. The largest absolute Gasteiger partial charge is 0.395 e. The van der Waals surface area contributed by atoms with Gasteiger partial charge >= 0.3 is 0 Å². The van der Waals surface area contributed by atoms with Crippen LogP contribution in [0.25, 0.3) is 0 Å². The Hall–Kier alpha value is -0.980. The number of nitrogens with one attached hydrogen (secondary N) is 1. The molecule has 0 aromatic heterocycles. The van der Waals surface area contributed by atoms with Crippen molar-refractivity contribution >= 4 is 27.5 Å². The van der Waals surface area contributed by atoms with Crippen LogP contribution in [0.1, 0.15) is 13.3 Å². The van der Waals surface area contributed by atoms with Gasteiger partial charge in [-0.25, -0.2) is 4.39 Å². The molecule has 0 atom stereocenters. The van der Waals surface area contributed by atoms with Crippen LogP contribution in [0.5, 0.6) is 0 Å². The standard InChI is InChI=1S/C13H18BrFN2O2/c1-2-17(7-8-18)6-5-13(19)16-12-4-3-10(14)9-11(12)15/h3-4,9,18H,2,5-8H2,1H3,(H,16,19). The lowest BCUT2D eigenvalue weighted by Crippen LogP contribution is -2.30. The number of rotatable bonds is 7. The summed E-state index contributed by atoms with van der Waals surface area (Å²) >= 11 is 3.16. The first-order valence-corrected chi connectivity index (χ1v) is 6.94. The molecular formula is C13H18BrFN2O2. The fourth-order valence-corrected chi connectivity index (χ4v) is 1.97. The number of amides is 1. The van der Waals surface area contributed by atoms with Crippen LogP contribution in [0.15, 0.2) is 22.7 Å². The third kappa shape index (κ3) is 5.67. The van der Waals surface area contributed by atoms with Gasteiger partial charge in [-0.2, -0.15) is 0 Å². The molecule has 0 radical (unpaired) electrons. The number of aliphatic hydroxyl groups excluding tert-OH is 1. The van der Waals surface area contributed by atoms with Gasteiger partial charge in [-0.1, -0.05) is 22.9 Å². The van der Waals surface area contributed by atoms with Crippen molar-refractivity contribution < 1.29 is 14.3 Å². The highest BCUT2D eigenvalue weighted by Crippen LogP contribution is 2.19. The van der Waals surface area contributed by atoms with Gasteiger partial charge in [0.2, 0.25) is 5.91 Å². The molecule has 0 heterocycles. The number of carbonyl (C=O) groups is 1. The van der Waals surface area contributed by atoms with Gasteiger partial charge in [0.25, 0.3) is 0 Å². The van der Waals surface area contributed by atoms with E-state index in [4.69, 9.17) is 5.11 Å². The molecule has 1 aromatic carbocycles. The number of benzene rings is 1. The molecule has 0 aliphatic rings. The van der Waals surface area contributed by atoms with Crippen LogP contribution < -0.4 is 5.32 Å². The minimum Gasteiger partial charge on any atom is -0.395 e. The molecule has 0 fully saturated rings. The van der Waals surface area contributed by atoms with Crippen LogP contribution in [0.3, 0.4) is 0 Å². The third-order valence-electron chi connectivity index (χ3n) is 2.72. The van der Waals surface area contributed by atoms with Crippen molar-refractivity contribution in [2.75, 3.05) is 31.6 Å². The van der Waals surface area contributed by atoms with Crippen molar-refractivity contribution in [3.05, 3.63) is 28.5 Å². The molecule has 0 saturated heterocycles. The summed E-state index contributed by atoms with van der Waals surface area (Å²) in [7, 11) is 0. The second-order valence-corrected chi connectivity index (χ2v) is 5.00. The summed E-state index contributed by atoms with van der Waals surface area (Å²) < 4.78 is 14.1. The van der Waals surface area contributed by atoms with Crippen molar-refractivity contribution in [3.8, 4) is 0 Å². The number of likely N-dealkylation sites (N-methyl/N-ethyl adjacent to an activating group) is 1. The highest BCUT2D eigenvalue weighted by Gasteiger charge is 2.09. The van der Waals surface area contributed by atoms with Crippen molar-refractivity contribution in [2.45, 2.75) is 13.3 Å². The Bertz CT molecular complexity index is 429. The van der Waals surface area contributed by atoms with Crippen LogP contribution in [0.4, 0.5) is 10.1 Å². The van der Waals surface area contributed by atoms with Crippen LogP contribution in [0, 0.1) is 5.82 Å². The number of halogens is 2. The van der Waals surface area contributed by atoms with Crippen LogP contribution in [-0.2, 0) is 4.79 Å². The Morgan fingerprint density at radius 2 is 2.21 bits per heavy atom. The predicted octanol–water partition coefficient (Wildman–Crippen LogP) is 2.23. The zero-order valence-corrected chi connectivity index (χ0v) is 12.4. The first-order chi connectivity index (χ1) is 9.06. The third-order valence-corrected chi connectivity index (χ3v) is 3.22. The Morgan fingerprint density at radius 1 is 1.47 bits per heavy atom. The molecule has 1 amide bonds. The minimum atomic E-state index is -0.467. The number of carbonyl (C=O) groups excluding carboxylic acids is 1. The quantitative estimate of drug-likeness (QED) is 0.805. The second kappa shape index (κ2) is 8.24. The van der Waals surface area contributed by atoms with Gasteiger partial charge in [0.1, 0.15) is 5.82 Å². The predicted molar refractivity (Wildman–Crippen MR) is 76.5 cm³/mol. The Labute approximate surface area is 120 Å². The molecule has 0 saturated carbocycles. The van der Waals surface area contributed by atoms with Gasteiger partial charge in [-0.3, -0.25) is 4.79 Å². The lowest BCUT2D eigenvalue weighted by molar-refractivity contribution is -0.116. The number of anilines is 1. The topological polar surface area (TPSA) is 52.6 Å². The first kappa shape index (κ1) is 16.1. The second-order valence-electron chi connectivity index (χ2n) is 4.08. The molecule has 6 heteroatoms. The van der Waals surface area contributed by atoms with E-state index in [2.05, 4.69) is 21.2 Å². The Morgan fingerprint density at radius 3 is 2.79 bits per heavy atom. The van der Waals surface area contributed by atoms with Gasteiger partial charge in [0, 0.05) is 24.0 Å². The van der Waals surface area contributed by atoms with Crippen molar-refractivity contribution in [2.24, 2.45) is 0 Å². The zero-order chi connectivity index (χ0) is 14.3. The summed E-state index contributed by atoms with van der Waals surface area (Å²) in [5.41, 5.74) is 0.179. The summed E-state index contributed by atoms with van der Waals surface area (Å²) in [6.07, 6.45) is 0.267. The van der Waals surface area contributed by atoms with Crippen LogP contribution in [0.2, 0.25) is 0 Å². The Kier molecular flexibility index (Phi) is 6.97. The summed E-state index contributed by atoms with van der Waals surface area (Å²) in [5, 5.41) is 11.4. The van der Waals surface area contributed by atoms with Gasteiger partial charge in [0.05, 0.1) is 12.3 Å². The van der Waals surface area contributed by atoms with E-state index in [-0.39, 0.29) is 24.6 Å². The van der Waals surface area contributed by atoms with Crippen molar-refractivity contribution in [1.29, 1.82) is 0 Å². The number of hydrogen-bond donors (Lipinski definition) is 2. The van der Waals surface area contributed by atoms with E-state index in [1.165, 1.54) is 12.1 Å². The Balaban J connectivity index is 2.46. The summed E-state index contributed by atoms with van der Waals surface area (Å²) in [6.45, 7) is 3.87. The van der Waals surface area contributed by atoms with E-state index < -0.39 is 5.82 Å². The van der Waals surface area contributed by atoms with E-state index in [1.54, 1.807) is 6.07 Å². The average molecular weight is 333 g/mol. The maximum atomic E-state index is 13.5. The molecule has 106 valence electrons. The summed E-state index contributed by atoms with van der Waals surface area (Å²) in [4.78, 5) is 13.7. The molecule has 1 aromatic rings. The average Bonchev–Trinajstić information content (AvgIpc) is 2.38. The van der Waals surface area contributed by atoms with E-state index in [1.807, 2.05) is 11.8 Å². The lowest BCUT2D eigenvalue weighted by Gasteiger charge is -2.18. The van der Waals surface area contributed by atoms with Gasteiger partial charge in [0.15, 0.2) is 0 Å². The van der Waals surface area contributed by atoms with E-state index in [0.29, 0.717) is 17.6 Å². The maximum absolute atomic E-state index is 13.5. The molecule has 0 unspecified atom stereocenters. The molecule has 0 aliphatic carbocycles. The van der Waals surface area contributed by atoms with Crippen molar-refractivity contribution in [3.63, 3.8) is 0 Å². The van der Waals surface area contributed by atoms with E-state index >= 15 is 0 Å². The fraction of sp³-hybridized carbons (Fsp3) is 0.462. The SMILES string of the molecule is CCN(CCO)CCC(=O)Nc1ccc(Br)cc1F. The van der Waals surface area contributed by atoms with E-state index in [0.717, 1.165) is 6.54 Å². The van der Waals surface area contributed by atoms with Gasteiger partial charge in [-0.15, -0.1) is 0 Å². The fourth-order valence-electron chi connectivity index (χ4n) is 1.63. The normalized spacial score (nSPS) is 10.8. The maximum Gasteiger partial charge on any atom is 0.225 e. The van der Waals surface area contributed by atoms with Gasteiger partial charge in [-0.05, 0) is 24.7 Å². The first-order valence-electron chi connectivity index (χ1n) is 6.15. The molecule has 1 rings (SSSR count). The molecule has 4 nitrogen and oxygen atoms in total. The molecular weight excluding hydrogens is 315 g/mol.